The first-order valence-electron chi connectivity index (χ1n) is 14.1. The second-order valence-electron chi connectivity index (χ2n) is 10.3. The number of hydrogen-bond donors (Lipinski definition) is 1. The molecule has 0 spiro atoms. The average Bonchev–Trinajstić information content (AvgIpc) is 3.00. The standard InChI is InChI=1S/C34H37N3O5S/c1-5-35-34(39)27(4)36(23-28-12-10-9-11-26(28)3)33(38)24-37(43(40,41)32-21-15-25(2)16-22-32)29-17-19-31(20-18-29)42-30-13-7-6-8-14-30/h6-22,27H,5,23-24H2,1-4H3,(H,35,39)/t27-/m0/s1. The molecule has 0 aliphatic carbocycles. The molecule has 4 aromatic rings. The SMILES string of the molecule is CCNC(=O)[C@H](C)N(Cc1ccccc1C)C(=O)CN(c1ccc(Oc2ccccc2)cc1)S(=O)(=O)c1ccc(C)cc1. The van der Waals surface area contributed by atoms with Gasteiger partial charge in [0, 0.05) is 13.1 Å². The van der Waals surface area contributed by atoms with E-state index in [1.54, 1.807) is 50.2 Å². The minimum absolute atomic E-state index is 0.0535. The molecular weight excluding hydrogens is 562 g/mol. The lowest BCUT2D eigenvalue weighted by Crippen LogP contribution is -2.51. The van der Waals surface area contributed by atoms with Gasteiger partial charge < -0.3 is 15.0 Å². The normalized spacial score (nSPS) is 11.8. The van der Waals surface area contributed by atoms with Gasteiger partial charge in [0.1, 0.15) is 24.1 Å². The van der Waals surface area contributed by atoms with Crippen molar-refractivity contribution < 1.29 is 22.7 Å². The van der Waals surface area contributed by atoms with Gasteiger partial charge in [0.15, 0.2) is 0 Å². The molecule has 224 valence electrons. The average molecular weight is 600 g/mol. The molecule has 2 amide bonds. The zero-order valence-corrected chi connectivity index (χ0v) is 25.7. The Morgan fingerprint density at radius 1 is 0.814 bits per heavy atom. The summed E-state index contributed by atoms with van der Waals surface area (Å²) in [5.74, 6) is 0.322. The van der Waals surface area contributed by atoms with Gasteiger partial charge >= 0.3 is 0 Å². The molecule has 0 bridgehead atoms. The number of nitrogens with zero attached hydrogens (tertiary/aromatic N) is 2. The van der Waals surface area contributed by atoms with Crippen LogP contribution in [0.3, 0.4) is 0 Å². The predicted molar refractivity (Wildman–Crippen MR) is 169 cm³/mol. The number of sulfonamides is 1. The minimum Gasteiger partial charge on any atom is -0.457 e. The van der Waals surface area contributed by atoms with Crippen molar-refractivity contribution in [1.82, 2.24) is 10.2 Å². The summed E-state index contributed by atoms with van der Waals surface area (Å²) in [6.07, 6.45) is 0. The van der Waals surface area contributed by atoms with Gasteiger partial charge in [-0.05, 0) is 87.4 Å². The van der Waals surface area contributed by atoms with E-state index in [-0.39, 0.29) is 23.0 Å². The first kappa shape index (κ1) is 31.3. The fourth-order valence-electron chi connectivity index (χ4n) is 4.55. The molecule has 0 aromatic heterocycles. The number of carbonyl (C=O) groups is 2. The van der Waals surface area contributed by atoms with Gasteiger partial charge in [-0.15, -0.1) is 0 Å². The van der Waals surface area contributed by atoms with E-state index in [9.17, 15) is 18.0 Å². The topological polar surface area (TPSA) is 96.0 Å². The van der Waals surface area contributed by atoms with Crippen LogP contribution < -0.4 is 14.4 Å². The van der Waals surface area contributed by atoms with E-state index in [1.807, 2.05) is 68.4 Å². The second-order valence-corrected chi connectivity index (χ2v) is 12.1. The Morgan fingerprint density at radius 3 is 2.05 bits per heavy atom. The Kier molecular flexibility index (Phi) is 10.2. The maximum Gasteiger partial charge on any atom is 0.264 e. The summed E-state index contributed by atoms with van der Waals surface area (Å²) in [5.41, 5.74) is 3.02. The zero-order chi connectivity index (χ0) is 31.0. The third-order valence-electron chi connectivity index (χ3n) is 7.11. The van der Waals surface area contributed by atoms with E-state index in [0.29, 0.717) is 18.0 Å². The number of carbonyl (C=O) groups excluding carboxylic acids is 2. The summed E-state index contributed by atoms with van der Waals surface area (Å²) in [5, 5.41) is 2.77. The molecule has 9 heteroatoms. The number of ether oxygens (including phenoxy) is 1. The van der Waals surface area contributed by atoms with Crippen LogP contribution in [0.4, 0.5) is 5.69 Å². The van der Waals surface area contributed by atoms with Crippen molar-refractivity contribution in [3.8, 4) is 11.5 Å². The Morgan fingerprint density at radius 2 is 1.42 bits per heavy atom. The number of benzene rings is 4. The van der Waals surface area contributed by atoms with Crippen LogP contribution in [0.5, 0.6) is 11.5 Å². The van der Waals surface area contributed by atoms with Crippen molar-refractivity contribution in [3.05, 3.63) is 120 Å². The molecular formula is C34H37N3O5S. The quantitative estimate of drug-likeness (QED) is 0.221. The number of anilines is 1. The largest absolute Gasteiger partial charge is 0.457 e. The molecule has 4 aromatic carbocycles. The highest BCUT2D eigenvalue weighted by molar-refractivity contribution is 7.92. The number of amides is 2. The van der Waals surface area contributed by atoms with E-state index in [1.165, 1.54) is 17.0 Å². The highest BCUT2D eigenvalue weighted by atomic mass is 32.2. The van der Waals surface area contributed by atoms with Crippen molar-refractivity contribution in [2.45, 2.75) is 45.2 Å². The summed E-state index contributed by atoms with van der Waals surface area (Å²) in [7, 11) is -4.16. The van der Waals surface area contributed by atoms with Crippen LogP contribution in [0.1, 0.15) is 30.5 Å². The van der Waals surface area contributed by atoms with Crippen molar-refractivity contribution >= 4 is 27.5 Å². The van der Waals surface area contributed by atoms with Crippen LogP contribution in [0.2, 0.25) is 0 Å². The molecule has 4 rings (SSSR count). The molecule has 0 aliphatic heterocycles. The third-order valence-corrected chi connectivity index (χ3v) is 8.90. The maximum absolute atomic E-state index is 14.0. The lowest BCUT2D eigenvalue weighted by atomic mass is 10.1. The van der Waals surface area contributed by atoms with Gasteiger partial charge in [0.05, 0.1) is 10.6 Å². The van der Waals surface area contributed by atoms with Gasteiger partial charge in [-0.25, -0.2) is 8.42 Å². The highest BCUT2D eigenvalue weighted by Gasteiger charge is 2.32. The van der Waals surface area contributed by atoms with Gasteiger partial charge in [-0.1, -0.05) is 60.2 Å². The summed E-state index contributed by atoms with van der Waals surface area (Å²) in [6.45, 7) is 7.30. The molecule has 1 N–H and O–H groups in total. The summed E-state index contributed by atoms with van der Waals surface area (Å²) < 4.78 is 35.1. The minimum atomic E-state index is -4.16. The van der Waals surface area contributed by atoms with Crippen molar-refractivity contribution in [2.75, 3.05) is 17.4 Å². The van der Waals surface area contributed by atoms with E-state index < -0.39 is 28.5 Å². The van der Waals surface area contributed by atoms with Gasteiger partial charge in [0.2, 0.25) is 11.8 Å². The molecule has 0 heterocycles. The van der Waals surface area contributed by atoms with Crippen LogP contribution in [0.25, 0.3) is 0 Å². The first-order valence-corrected chi connectivity index (χ1v) is 15.6. The highest BCUT2D eigenvalue weighted by Crippen LogP contribution is 2.29. The first-order chi connectivity index (χ1) is 20.6. The molecule has 0 radical (unpaired) electrons. The Hall–Kier alpha value is -4.63. The summed E-state index contributed by atoms with van der Waals surface area (Å²) in [4.78, 5) is 28.4. The van der Waals surface area contributed by atoms with Gasteiger partial charge in [-0.2, -0.15) is 0 Å². The number of nitrogens with one attached hydrogen (secondary N) is 1. The van der Waals surface area contributed by atoms with Crippen LogP contribution in [0.15, 0.2) is 108 Å². The summed E-state index contributed by atoms with van der Waals surface area (Å²) >= 11 is 0. The van der Waals surface area contributed by atoms with Crippen molar-refractivity contribution in [1.29, 1.82) is 0 Å². The maximum atomic E-state index is 14.0. The van der Waals surface area contributed by atoms with Crippen LogP contribution >= 0.6 is 0 Å². The molecule has 0 saturated carbocycles. The van der Waals surface area contributed by atoms with Crippen LogP contribution in [-0.4, -0.2) is 44.3 Å². The molecule has 0 fully saturated rings. The molecule has 8 nitrogen and oxygen atoms in total. The van der Waals surface area contributed by atoms with E-state index in [4.69, 9.17) is 4.74 Å². The predicted octanol–water partition coefficient (Wildman–Crippen LogP) is 5.84. The van der Waals surface area contributed by atoms with Crippen molar-refractivity contribution in [2.24, 2.45) is 0 Å². The summed E-state index contributed by atoms with van der Waals surface area (Å²) in [6, 6.07) is 29.0. The Balaban J connectivity index is 1.71. The smallest absolute Gasteiger partial charge is 0.264 e. The van der Waals surface area contributed by atoms with Crippen LogP contribution in [0, 0.1) is 13.8 Å². The third kappa shape index (κ3) is 7.81. The van der Waals surface area contributed by atoms with E-state index >= 15 is 0 Å². The lowest BCUT2D eigenvalue weighted by molar-refractivity contribution is -0.139. The zero-order valence-electron chi connectivity index (χ0n) is 24.9. The number of rotatable bonds is 12. The molecule has 0 saturated heterocycles. The molecule has 0 unspecified atom stereocenters. The van der Waals surface area contributed by atoms with E-state index in [0.717, 1.165) is 21.0 Å². The van der Waals surface area contributed by atoms with Gasteiger partial charge in [-0.3, -0.25) is 13.9 Å². The molecule has 43 heavy (non-hydrogen) atoms. The van der Waals surface area contributed by atoms with Gasteiger partial charge in [0.25, 0.3) is 10.0 Å². The lowest BCUT2D eigenvalue weighted by Gasteiger charge is -2.32. The molecule has 1 atom stereocenters. The van der Waals surface area contributed by atoms with E-state index in [2.05, 4.69) is 5.32 Å². The second kappa shape index (κ2) is 14.0. The number of likely N-dealkylation sites (N-methyl/N-ethyl adjacent to an activating group) is 1. The Bertz CT molecular complexity index is 1640. The number of hydrogen-bond acceptors (Lipinski definition) is 5. The fourth-order valence-corrected chi connectivity index (χ4v) is 5.96. The number of para-hydroxylation sites is 1. The van der Waals surface area contributed by atoms with Crippen molar-refractivity contribution in [3.63, 3.8) is 0 Å². The molecule has 0 aliphatic rings. The fraction of sp³-hybridized carbons (Fsp3) is 0.235. The van der Waals surface area contributed by atoms with Crippen LogP contribution in [-0.2, 0) is 26.2 Å². The number of aryl methyl sites for hydroxylation is 2. The Labute approximate surface area is 254 Å². The monoisotopic (exact) mass is 599 g/mol.